The lowest BCUT2D eigenvalue weighted by molar-refractivity contribution is 0.306. The lowest BCUT2D eigenvalue weighted by Crippen LogP contribution is -2.10. The van der Waals surface area contributed by atoms with Crippen molar-refractivity contribution in [3.63, 3.8) is 0 Å². The Balaban J connectivity index is 0.000000282. The molecule has 0 bridgehead atoms. The van der Waals surface area contributed by atoms with Crippen LogP contribution in [0.15, 0.2) is 99.6 Å². The van der Waals surface area contributed by atoms with Gasteiger partial charge in [0.15, 0.2) is 0 Å². The average Bonchev–Trinajstić information content (AvgIpc) is 2.93. The molecule has 0 unspecified atom stereocenters. The van der Waals surface area contributed by atoms with Gasteiger partial charge in [0.1, 0.15) is 0 Å². The van der Waals surface area contributed by atoms with Crippen LogP contribution >= 0.6 is 11.8 Å². The Labute approximate surface area is 242 Å². The quantitative estimate of drug-likeness (QED) is 0.135. The highest BCUT2D eigenvalue weighted by molar-refractivity contribution is 7.99. The van der Waals surface area contributed by atoms with Gasteiger partial charge in [-0.3, -0.25) is 4.18 Å². The van der Waals surface area contributed by atoms with E-state index in [4.69, 9.17) is 4.18 Å². The molecule has 5 heteroatoms. The van der Waals surface area contributed by atoms with Crippen LogP contribution in [0.3, 0.4) is 0 Å². The van der Waals surface area contributed by atoms with Crippen LogP contribution in [0.2, 0.25) is 0 Å². The van der Waals surface area contributed by atoms with Crippen molar-refractivity contribution >= 4 is 21.9 Å². The fraction of sp³-hybridized carbons (Fsp3) is 0.471. The molecule has 3 nitrogen and oxygen atoms in total. The van der Waals surface area contributed by atoms with Crippen molar-refractivity contribution in [2.24, 2.45) is 0 Å². The van der Waals surface area contributed by atoms with Crippen molar-refractivity contribution in [3.8, 4) is 0 Å². The first-order valence-corrected chi connectivity index (χ1v) is 16.7. The van der Waals surface area contributed by atoms with Gasteiger partial charge in [-0.05, 0) is 53.8 Å². The Kier molecular flexibility index (Phi) is 15.5. The molecule has 0 N–H and O–H groups in total. The molecule has 39 heavy (non-hydrogen) atoms. The Hall–Kier alpha value is -2.08. The predicted molar refractivity (Wildman–Crippen MR) is 167 cm³/mol. The van der Waals surface area contributed by atoms with E-state index in [1.165, 1.54) is 66.7 Å². The first kappa shape index (κ1) is 33.1. The Morgan fingerprint density at radius 2 is 1.08 bits per heavy atom. The third kappa shape index (κ3) is 14.2. The number of hydrogen-bond donors (Lipinski definition) is 0. The van der Waals surface area contributed by atoms with Gasteiger partial charge in [0.2, 0.25) is 0 Å². The maximum Gasteiger partial charge on any atom is 0.296 e. The molecule has 0 spiro atoms. The Bertz CT molecular complexity index is 1120. The average molecular weight is 569 g/mol. The van der Waals surface area contributed by atoms with Crippen molar-refractivity contribution in [1.29, 1.82) is 0 Å². The summed E-state index contributed by atoms with van der Waals surface area (Å²) in [4.78, 5) is 2.82. The van der Waals surface area contributed by atoms with Gasteiger partial charge in [-0.2, -0.15) is 8.42 Å². The summed E-state index contributed by atoms with van der Waals surface area (Å²) in [5.74, 6) is 0. The van der Waals surface area contributed by atoms with Crippen LogP contribution in [-0.4, -0.2) is 15.0 Å². The molecule has 0 radical (unpaired) electrons. The topological polar surface area (TPSA) is 43.4 Å². The highest BCUT2D eigenvalue weighted by Gasteiger charge is 2.14. The smallest absolute Gasteiger partial charge is 0.266 e. The van der Waals surface area contributed by atoms with Crippen molar-refractivity contribution in [2.75, 3.05) is 6.61 Å². The van der Waals surface area contributed by atoms with Crippen LogP contribution in [0, 0.1) is 0 Å². The molecule has 0 aliphatic rings. The SMILES string of the molecule is CC(C)(C)c1ccc(Sc2ccccc2)cc1.CCCCCCCCCCCCOS(=O)(=O)c1ccccc1. The standard InChI is InChI=1S/C18H30O3S.C16H18S/c1-2-3-4-5-6-7-8-9-10-14-17-21-22(19,20)18-15-12-11-13-16-18;1-16(2,3)13-9-11-15(12-10-13)17-14-7-5-4-6-8-14/h11-13,15-16H,2-10,14,17H2,1H3;4-12H,1-3H3. The maximum absolute atomic E-state index is 11.9. The zero-order valence-electron chi connectivity index (χ0n) is 24.4. The van der Waals surface area contributed by atoms with Gasteiger partial charge in [0.25, 0.3) is 10.1 Å². The summed E-state index contributed by atoms with van der Waals surface area (Å²) < 4.78 is 28.8. The summed E-state index contributed by atoms with van der Waals surface area (Å²) >= 11 is 1.81. The minimum atomic E-state index is -3.57. The van der Waals surface area contributed by atoms with Crippen molar-refractivity contribution in [2.45, 2.75) is 112 Å². The fourth-order valence-electron chi connectivity index (χ4n) is 4.06. The molecule has 0 amide bonds. The third-order valence-electron chi connectivity index (χ3n) is 6.47. The van der Waals surface area contributed by atoms with E-state index < -0.39 is 10.1 Å². The summed E-state index contributed by atoms with van der Waals surface area (Å²) in [6.07, 6.45) is 12.3. The summed E-state index contributed by atoms with van der Waals surface area (Å²) in [7, 11) is -3.57. The third-order valence-corrected chi connectivity index (χ3v) is 8.81. The van der Waals surface area contributed by atoms with E-state index >= 15 is 0 Å². The molecule has 3 rings (SSSR count). The summed E-state index contributed by atoms with van der Waals surface area (Å²) in [5, 5.41) is 0. The van der Waals surface area contributed by atoms with Gasteiger partial charge >= 0.3 is 0 Å². The first-order chi connectivity index (χ1) is 18.7. The van der Waals surface area contributed by atoms with Gasteiger partial charge in [0.05, 0.1) is 11.5 Å². The van der Waals surface area contributed by atoms with E-state index in [9.17, 15) is 8.42 Å². The predicted octanol–water partition coefficient (Wildman–Crippen LogP) is 10.4. The lowest BCUT2D eigenvalue weighted by atomic mass is 9.87. The van der Waals surface area contributed by atoms with E-state index in [0.717, 1.165) is 12.8 Å². The van der Waals surface area contributed by atoms with Gasteiger partial charge in [-0.1, -0.05) is 146 Å². The van der Waals surface area contributed by atoms with Crippen LogP contribution in [0.1, 0.15) is 97.5 Å². The van der Waals surface area contributed by atoms with Gasteiger partial charge < -0.3 is 0 Å². The van der Waals surface area contributed by atoms with E-state index in [2.05, 4.69) is 76.2 Å². The molecule has 0 aliphatic heterocycles. The molecular weight excluding hydrogens is 521 g/mol. The number of unbranched alkanes of at least 4 members (excludes halogenated alkanes) is 9. The van der Waals surface area contributed by atoms with Crippen LogP contribution in [0.25, 0.3) is 0 Å². The molecule has 0 saturated heterocycles. The summed E-state index contributed by atoms with van der Waals surface area (Å²) in [6, 6.07) is 27.7. The van der Waals surface area contributed by atoms with Gasteiger partial charge in [0, 0.05) is 9.79 Å². The monoisotopic (exact) mass is 568 g/mol. The molecule has 3 aromatic carbocycles. The highest BCUT2D eigenvalue weighted by atomic mass is 32.2. The number of hydrogen-bond acceptors (Lipinski definition) is 4. The number of benzene rings is 3. The van der Waals surface area contributed by atoms with E-state index in [1.54, 1.807) is 42.1 Å². The fourth-order valence-corrected chi connectivity index (χ4v) is 5.86. The second-order valence-corrected chi connectivity index (χ2v) is 13.7. The Morgan fingerprint density at radius 1 is 0.615 bits per heavy atom. The van der Waals surface area contributed by atoms with E-state index in [-0.39, 0.29) is 16.9 Å². The largest absolute Gasteiger partial charge is 0.296 e. The second kappa shape index (κ2) is 18.3. The molecule has 0 atom stereocenters. The normalized spacial score (nSPS) is 11.6. The minimum Gasteiger partial charge on any atom is -0.266 e. The van der Waals surface area contributed by atoms with E-state index in [1.807, 2.05) is 6.07 Å². The van der Waals surface area contributed by atoms with Crippen molar-refractivity contribution < 1.29 is 12.6 Å². The molecular formula is C34H48O3S2. The molecule has 3 aromatic rings. The summed E-state index contributed by atoms with van der Waals surface area (Å²) in [5.41, 5.74) is 1.62. The minimum absolute atomic E-state index is 0.232. The Morgan fingerprint density at radius 3 is 1.59 bits per heavy atom. The van der Waals surface area contributed by atoms with Crippen molar-refractivity contribution in [1.82, 2.24) is 0 Å². The number of rotatable bonds is 15. The van der Waals surface area contributed by atoms with Crippen molar-refractivity contribution in [3.05, 3.63) is 90.5 Å². The highest BCUT2D eigenvalue weighted by Crippen LogP contribution is 2.30. The second-order valence-electron chi connectivity index (χ2n) is 11.0. The van der Waals surface area contributed by atoms with Gasteiger partial charge in [-0.15, -0.1) is 0 Å². The molecule has 0 aliphatic carbocycles. The molecule has 0 aromatic heterocycles. The van der Waals surface area contributed by atoms with Crippen LogP contribution < -0.4 is 0 Å². The summed E-state index contributed by atoms with van der Waals surface area (Å²) in [6.45, 7) is 9.25. The molecule has 0 fully saturated rings. The van der Waals surface area contributed by atoms with Crippen LogP contribution in [0.4, 0.5) is 0 Å². The van der Waals surface area contributed by atoms with Crippen LogP contribution in [-0.2, 0) is 19.7 Å². The zero-order valence-corrected chi connectivity index (χ0v) is 26.0. The molecule has 214 valence electrons. The first-order valence-electron chi connectivity index (χ1n) is 14.5. The lowest BCUT2D eigenvalue weighted by Gasteiger charge is -2.19. The van der Waals surface area contributed by atoms with Crippen LogP contribution in [0.5, 0.6) is 0 Å². The zero-order chi connectivity index (χ0) is 28.4. The molecule has 0 heterocycles. The maximum atomic E-state index is 11.9. The molecule has 0 saturated carbocycles. The van der Waals surface area contributed by atoms with Gasteiger partial charge in [-0.25, -0.2) is 0 Å². The van der Waals surface area contributed by atoms with E-state index in [0.29, 0.717) is 0 Å².